The van der Waals surface area contributed by atoms with Crippen LogP contribution in [0.3, 0.4) is 0 Å². The molecule has 0 unspecified atom stereocenters. The monoisotopic (exact) mass is 383 g/mol. The highest BCUT2D eigenvalue weighted by atomic mass is 16.3. The summed E-state index contributed by atoms with van der Waals surface area (Å²) in [7, 11) is 0. The molecule has 3 N–H and O–H groups in total. The van der Waals surface area contributed by atoms with Crippen LogP contribution in [0.15, 0.2) is 29.1 Å². The summed E-state index contributed by atoms with van der Waals surface area (Å²) in [5, 5.41) is 9.95. The van der Waals surface area contributed by atoms with Crippen LogP contribution in [0.4, 0.5) is 5.95 Å². The molecule has 1 fully saturated rings. The van der Waals surface area contributed by atoms with E-state index in [2.05, 4.69) is 9.97 Å². The summed E-state index contributed by atoms with van der Waals surface area (Å²) in [6.45, 7) is 4.83. The van der Waals surface area contributed by atoms with Gasteiger partial charge in [-0.25, -0.2) is 9.97 Å². The molecule has 28 heavy (non-hydrogen) atoms. The van der Waals surface area contributed by atoms with Gasteiger partial charge >= 0.3 is 0 Å². The number of likely N-dealkylation sites (tertiary alicyclic amines) is 1. The molecule has 2 bridgehead atoms. The maximum atomic E-state index is 13.2. The van der Waals surface area contributed by atoms with E-state index in [1.165, 1.54) is 6.07 Å². The Morgan fingerprint density at radius 1 is 1.32 bits per heavy atom. The van der Waals surface area contributed by atoms with E-state index in [9.17, 15) is 14.7 Å². The van der Waals surface area contributed by atoms with E-state index in [0.717, 1.165) is 17.8 Å². The van der Waals surface area contributed by atoms with Gasteiger partial charge in [0, 0.05) is 42.4 Å². The van der Waals surface area contributed by atoms with Crippen molar-refractivity contribution in [2.24, 2.45) is 5.92 Å². The fourth-order valence-corrected chi connectivity index (χ4v) is 4.50. The van der Waals surface area contributed by atoms with E-state index in [1.54, 1.807) is 21.6 Å². The minimum atomic E-state index is -0.322. The first-order valence-electron chi connectivity index (χ1n) is 9.65. The van der Waals surface area contributed by atoms with Gasteiger partial charge in [-0.05, 0) is 24.5 Å². The van der Waals surface area contributed by atoms with E-state index in [0.29, 0.717) is 18.8 Å². The number of fused-ring (bicyclic) bond motifs is 4. The Morgan fingerprint density at radius 2 is 2.11 bits per heavy atom. The SMILES string of the molecule is CC(C)c1cc(C(=O)N2C[C@H]3C[C@@H](C2)[C@H](CO)n2c3cccc2=O)nc(N)n1. The number of aliphatic hydroxyl groups is 1. The molecule has 2 aromatic rings. The Balaban J connectivity index is 1.68. The lowest BCUT2D eigenvalue weighted by Crippen LogP contribution is -2.52. The Labute approximate surface area is 163 Å². The van der Waals surface area contributed by atoms with E-state index in [-0.39, 0.29) is 47.8 Å². The van der Waals surface area contributed by atoms with Crippen molar-refractivity contribution < 1.29 is 9.90 Å². The van der Waals surface area contributed by atoms with Crippen molar-refractivity contribution in [2.75, 3.05) is 25.4 Å². The number of hydrogen-bond acceptors (Lipinski definition) is 6. The Kier molecular flexibility index (Phi) is 4.66. The number of aliphatic hydroxyl groups excluding tert-OH is 1. The predicted octanol–water partition coefficient (Wildman–Crippen LogP) is 1.14. The molecule has 3 atom stereocenters. The third-order valence-electron chi connectivity index (χ3n) is 5.85. The lowest BCUT2D eigenvalue weighted by Gasteiger charge is -2.46. The highest BCUT2D eigenvalue weighted by Crippen LogP contribution is 2.41. The van der Waals surface area contributed by atoms with Crippen LogP contribution in [0.2, 0.25) is 0 Å². The molecule has 0 saturated carbocycles. The summed E-state index contributed by atoms with van der Waals surface area (Å²) in [6.07, 6.45) is 0.849. The minimum absolute atomic E-state index is 0.0176. The number of piperidine rings is 1. The average Bonchev–Trinajstić information content (AvgIpc) is 2.67. The Morgan fingerprint density at radius 3 is 2.82 bits per heavy atom. The van der Waals surface area contributed by atoms with Gasteiger partial charge in [-0.15, -0.1) is 0 Å². The van der Waals surface area contributed by atoms with Gasteiger partial charge in [0.15, 0.2) is 0 Å². The number of carbonyl (C=O) groups excluding carboxylic acids is 1. The lowest BCUT2D eigenvalue weighted by atomic mass is 9.78. The number of nitrogens with two attached hydrogens (primary N) is 1. The van der Waals surface area contributed by atoms with E-state index in [4.69, 9.17) is 5.73 Å². The van der Waals surface area contributed by atoms with E-state index >= 15 is 0 Å². The molecule has 148 valence electrons. The Hall–Kier alpha value is -2.74. The fraction of sp³-hybridized carbons (Fsp3) is 0.500. The molecule has 8 nitrogen and oxygen atoms in total. The fourth-order valence-electron chi connectivity index (χ4n) is 4.50. The van der Waals surface area contributed by atoms with Crippen molar-refractivity contribution in [3.63, 3.8) is 0 Å². The first kappa shape index (κ1) is 18.6. The topological polar surface area (TPSA) is 114 Å². The van der Waals surface area contributed by atoms with Crippen LogP contribution in [-0.4, -0.2) is 50.1 Å². The van der Waals surface area contributed by atoms with Crippen LogP contribution in [-0.2, 0) is 0 Å². The molecule has 0 radical (unpaired) electrons. The van der Waals surface area contributed by atoms with Crippen molar-refractivity contribution in [1.82, 2.24) is 19.4 Å². The molecule has 0 aromatic carbocycles. The third-order valence-corrected chi connectivity index (χ3v) is 5.85. The highest BCUT2D eigenvalue weighted by Gasteiger charge is 2.41. The molecule has 2 aromatic heterocycles. The maximum Gasteiger partial charge on any atom is 0.272 e. The van der Waals surface area contributed by atoms with Crippen LogP contribution in [0, 0.1) is 5.92 Å². The van der Waals surface area contributed by atoms with Gasteiger partial charge in [0.2, 0.25) is 5.95 Å². The quantitative estimate of drug-likeness (QED) is 0.821. The number of amides is 1. The normalized spacial score (nSPS) is 23.6. The second kappa shape index (κ2) is 7.01. The van der Waals surface area contributed by atoms with Gasteiger partial charge in [-0.1, -0.05) is 19.9 Å². The predicted molar refractivity (Wildman–Crippen MR) is 104 cm³/mol. The summed E-state index contributed by atoms with van der Waals surface area (Å²) in [5.74, 6) is 0.119. The second-order valence-electron chi connectivity index (χ2n) is 8.00. The van der Waals surface area contributed by atoms with Gasteiger partial charge in [0.1, 0.15) is 5.69 Å². The maximum absolute atomic E-state index is 13.2. The number of nitrogens with zero attached hydrogens (tertiary/aromatic N) is 4. The molecule has 1 saturated heterocycles. The van der Waals surface area contributed by atoms with Gasteiger partial charge in [0.05, 0.1) is 12.6 Å². The molecule has 0 spiro atoms. The van der Waals surface area contributed by atoms with Crippen molar-refractivity contribution >= 4 is 11.9 Å². The van der Waals surface area contributed by atoms with Crippen LogP contribution in [0.1, 0.15) is 60.0 Å². The van der Waals surface area contributed by atoms with E-state index < -0.39 is 0 Å². The molecular weight excluding hydrogens is 358 g/mol. The summed E-state index contributed by atoms with van der Waals surface area (Å²) < 4.78 is 1.71. The zero-order chi connectivity index (χ0) is 20.0. The molecule has 8 heteroatoms. The van der Waals surface area contributed by atoms with E-state index in [1.807, 2.05) is 19.9 Å². The lowest BCUT2D eigenvalue weighted by molar-refractivity contribution is 0.0433. The number of hydrogen-bond donors (Lipinski definition) is 2. The second-order valence-corrected chi connectivity index (χ2v) is 8.00. The summed E-state index contributed by atoms with van der Waals surface area (Å²) in [4.78, 5) is 35.7. The third kappa shape index (κ3) is 3.07. The zero-order valence-electron chi connectivity index (χ0n) is 16.1. The van der Waals surface area contributed by atoms with Crippen LogP contribution < -0.4 is 11.3 Å². The summed E-state index contributed by atoms with van der Waals surface area (Å²) >= 11 is 0. The molecule has 4 heterocycles. The largest absolute Gasteiger partial charge is 0.394 e. The van der Waals surface area contributed by atoms with Gasteiger partial charge in [-0.3, -0.25) is 9.59 Å². The number of carbonyl (C=O) groups is 1. The average molecular weight is 383 g/mol. The van der Waals surface area contributed by atoms with Crippen LogP contribution in [0.25, 0.3) is 0 Å². The van der Waals surface area contributed by atoms with Gasteiger partial charge in [-0.2, -0.15) is 0 Å². The first-order valence-corrected chi connectivity index (χ1v) is 9.65. The molecule has 2 aliphatic rings. The van der Waals surface area contributed by atoms with Crippen molar-refractivity contribution in [2.45, 2.75) is 38.1 Å². The summed E-state index contributed by atoms with van der Waals surface area (Å²) in [5.41, 5.74) is 7.62. The van der Waals surface area contributed by atoms with Gasteiger partial charge < -0.3 is 20.3 Å². The smallest absolute Gasteiger partial charge is 0.272 e. The number of pyridine rings is 1. The minimum Gasteiger partial charge on any atom is -0.394 e. The molecule has 0 aliphatic carbocycles. The van der Waals surface area contributed by atoms with Crippen molar-refractivity contribution in [3.8, 4) is 0 Å². The zero-order valence-corrected chi connectivity index (χ0v) is 16.1. The summed E-state index contributed by atoms with van der Waals surface area (Å²) in [6, 6.07) is 6.56. The molecular formula is C20H25N5O3. The number of rotatable bonds is 3. The molecule has 1 amide bonds. The molecule has 2 aliphatic heterocycles. The Bertz CT molecular complexity index is 971. The van der Waals surface area contributed by atoms with Gasteiger partial charge in [0.25, 0.3) is 11.5 Å². The standard InChI is InChI=1S/C20H25N5O3/c1-11(2)14-7-15(23-20(21)22-14)19(28)24-8-12-6-13(9-24)17(10-26)25-16(12)4-3-5-18(25)27/h3-5,7,11-13,17,26H,6,8-10H2,1-2H3,(H2,21,22,23)/t12-,13+,17+/m1/s1. The first-order chi connectivity index (χ1) is 13.4. The van der Waals surface area contributed by atoms with Crippen molar-refractivity contribution in [1.29, 1.82) is 0 Å². The number of aromatic nitrogens is 3. The number of anilines is 1. The van der Waals surface area contributed by atoms with Crippen LogP contribution >= 0.6 is 0 Å². The van der Waals surface area contributed by atoms with Crippen molar-refractivity contribution in [3.05, 3.63) is 51.7 Å². The molecule has 4 rings (SSSR count). The number of nitrogen functional groups attached to an aromatic ring is 1. The van der Waals surface area contributed by atoms with Crippen LogP contribution in [0.5, 0.6) is 0 Å². The highest BCUT2D eigenvalue weighted by molar-refractivity contribution is 5.92.